The lowest BCUT2D eigenvalue weighted by Crippen LogP contribution is -1.80. The molecule has 0 radical (unpaired) electrons. The highest BCUT2D eigenvalue weighted by atomic mass is 14.7. The van der Waals surface area contributed by atoms with Crippen molar-refractivity contribution in [1.82, 2.24) is 0 Å². The number of fused-ring (bicyclic) bond motifs is 1. The van der Waals surface area contributed by atoms with Crippen LogP contribution in [0.25, 0.3) is 16.3 Å². The summed E-state index contributed by atoms with van der Waals surface area (Å²) in [6.07, 6.45) is 0. The van der Waals surface area contributed by atoms with Crippen LogP contribution in [0.4, 0.5) is 5.69 Å². The van der Waals surface area contributed by atoms with Crippen molar-refractivity contribution in [2.24, 2.45) is 4.99 Å². The number of hydrogen-bond donors (Lipinski definition) is 0. The van der Waals surface area contributed by atoms with Crippen LogP contribution >= 0.6 is 0 Å². The van der Waals surface area contributed by atoms with E-state index in [1.165, 1.54) is 5.39 Å². The molecule has 0 N–H and O–H groups in total. The molecule has 0 heterocycles. The summed E-state index contributed by atoms with van der Waals surface area (Å²) >= 11 is 0. The van der Waals surface area contributed by atoms with Gasteiger partial charge in [0.05, 0.1) is 5.69 Å². The quantitative estimate of drug-likeness (QED) is 0.637. The van der Waals surface area contributed by atoms with Gasteiger partial charge in [-0.15, -0.1) is 0 Å². The minimum atomic E-state index is 0.922. The third-order valence-electron chi connectivity index (χ3n) is 2.50. The van der Waals surface area contributed by atoms with Gasteiger partial charge in [0.1, 0.15) is 0 Å². The Kier molecular flexibility index (Phi) is 2.38. The van der Waals surface area contributed by atoms with Crippen LogP contribution in [0.1, 0.15) is 12.5 Å². The molecule has 0 atom stereocenters. The maximum Gasteiger partial charge on any atom is 0.0706 e. The van der Waals surface area contributed by atoms with Gasteiger partial charge < -0.3 is 0 Å². The number of benzene rings is 2. The lowest BCUT2D eigenvalue weighted by molar-refractivity contribution is 1.55. The molecule has 0 fully saturated rings. The van der Waals surface area contributed by atoms with E-state index in [1.54, 1.807) is 0 Å². The molecular formula is C14H13N. The molecule has 0 aliphatic rings. The first-order valence-electron chi connectivity index (χ1n) is 4.88. The van der Waals surface area contributed by atoms with Gasteiger partial charge in [0, 0.05) is 5.39 Å². The largest absolute Gasteiger partial charge is 0.264 e. The van der Waals surface area contributed by atoms with E-state index in [4.69, 9.17) is 0 Å². The van der Waals surface area contributed by atoms with E-state index in [1.807, 2.05) is 25.1 Å². The van der Waals surface area contributed by atoms with Crippen molar-refractivity contribution in [1.29, 1.82) is 0 Å². The zero-order chi connectivity index (χ0) is 10.8. The smallest absolute Gasteiger partial charge is 0.0706 e. The minimum absolute atomic E-state index is 0.922. The van der Waals surface area contributed by atoms with Gasteiger partial charge in [-0.05, 0) is 36.7 Å². The highest BCUT2D eigenvalue weighted by molar-refractivity contribution is 5.95. The summed E-state index contributed by atoms with van der Waals surface area (Å²) in [5, 5.41) is 2.32. The van der Waals surface area contributed by atoms with Crippen molar-refractivity contribution < 1.29 is 0 Å². The van der Waals surface area contributed by atoms with Gasteiger partial charge >= 0.3 is 0 Å². The Hall–Kier alpha value is -1.89. The van der Waals surface area contributed by atoms with E-state index in [0.29, 0.717) is 0 Å². The second-order valence-corrected chi connectivity index (χ2v) is 3.65. The Bertz CT molecular complexity index is 538. The maximum atomic E-state index is 4.05. The average Bonchev–Trinajstić information content (AvgIpc) is 2.27. The van der Waals surface area contributed by atoms with E-state index in [2.05, 4.69) is 36.5 Å². The molecule has 0 spiro atoms. The summed E-state index contributed by atoms with van der Waals surface area (Å²) in [5.41, 5.74) is 3.09. The fraction of sp³-hybridized carbons (Fsp3) is 0.0714. The molecular weight excluding hydrogens is 182 g/mol. The van der Waals surface area contributed by atoms with E-state index >= 15 is 0 Å². The van der Waals surface area contributed by atoms with Crippen molar-refractivity contribution in [2.45, 2.75) is 6.92 Å². The third-order valence-corrected chi connectivity index (χ3v) is 2.50. The van der Waals surface area contributed by atoms with Gasteiger partial charge in [-0.3, -0.25) is 4.99 Å². The first-order chi connectivity index (χ1) is 7.22. The predicted molar refractivity (Wildman–Crippen MR) is 67.9 cm³/mol. The monoisotopic (exact) mass is 195 g/mol. The van der Waals surface area contributed by atoms with Crippen LogP contribution in [0.2, 0.25) is 0 Å². The van der Waals surface area contributed by atoms with Crippen LogP contribution in [0, 0.1) is 0 Å². The predicted octanol–water partition coefficient (Wildman–Crippen LogP) is 4.21. The van der Waals surface area contributed by atoms with Crippen molar-refractivity contribution in [2.75, 3.05) is 0 Å². The molecule has 0 aliphatic heterocycles. The normalized spacial score (nSPS) is 10.2. The molecule has 0 saturated heterocycles. The zero-order valence-corrected chi connectivity index (χ0v) is 8.83. The van der Waals surface area contributed by atoms with E-state index < -0.39 is 0 Å². The maximum absolute atomic E-state index is 4.05. The molecule has 74 valence electrons. The average molecular weight is 195 g/mol. The van der Waals surface area contributed by atoms with Crippen molar-refractivity contribution in [3.63, 3.8) is 0 Å². The van der Waals surface area contributed by atoms with Crippen molar-refractivity contribution >= 4 is 28.8 Å². The van der Waals surface area contributed by atoms with Gasteiger partial charge in [0.25, 0.3) is 0 Å². The Morgan fingerprint density at radius 2 is 1.93 bits per heavy atom. The summed E-state index contributed by atoms with van der Waals surface area (Å²) < 4.78 is 0. The van der Waals surface area contributed by atoms with Crippen LogP contribution in [0.15, 0.2) is 48.0 Å². The van der Waals surface area contributed by atoms with Crippen LogP contribution < -0.4 is 0 Å². The molecule has 1 nitrogen and oxygen atoms in total. The number of rotatable bonds is 2. The van der Waals surface area contributed by atoms with E-state index in [-0.39, 0.29) is 0 Å². The Labute approximate surface area is 89.8 Å². The molecule has 1 heteroatoms. The number of aliphatic imine (C=N–C) groups is 1. The van der Waals surface area contributed by atoms with Crippen LogP contribution in [-0.4, -0.2) is 6.72 Å². The highest BCUT2D eigenvalue weighted by Gasteiger charge is 2.02. The van der Waals surface area contributed by atoms with Crippen molar-refractivity contribution in [3.05, 3.63) is 48.5 Å². The summed E-state index contributed by atoms with van der Waals surface area (Å²) in [6.45, 7) is 9.54. The second-order valence-electron chi connectivity index (χ2n) is 3.65. The summed E-state index contributed by atoms with van der Waals surface area (Å²) in [5.74, 6) is 0. The van der Waals surface area contributed by atoms with Gasteiger partial charge in [0.2, 0.25) is 0 Å². The SMILES string of the molecule is C=Nc1cc(C(=C)C)cc2ccccc12. The highest BCUT2D eigenvalue weighted by Crippen LogP contribution is 2.29. The van der Waals surface area contributed by atoms with Crippen LogP contribution in [0.3, 0.4) is 0 Å². The molecule has 0 saturated carbocycles. The molecule has 2 aromatic rings. The Balaban J connectivity index is 2.82. The molecule has 2 aromatic carbocycles. The third kappa shape index (κ3) is 1.68. The standard InChI is InChI=1S/C14H13N/c1-10(2)12-8-11-6-4-5-7-13(11)14(9-12)15-3/h4-9H,1,3H2,2H3. The first kappa shape index (κ1) is 9.66. The molecule has 0 aliphatic carbocycles. The Morgan fingerprint density at radius 3 is 2.60 bits per heavy atom. The number of allylic oxidation sites excluding steroid dienone is 1. The van der Waals surface area contributed by atoms with Crippen LogP contribution in [-0.2, 0) is 0 Å². The van der Waals surface area contributed by atoms with Gasteiger partial charge in [-0.2, -0.15) is 0 Å². The molecule has 15 heavy (non-hydrogen) atoms. The number of hydrogen-bond acceptors (Lipinski definition) is 1. The van der Waals surface area contributed by atoms with Crippen molar-refractivity contribution in [3.8, 4) is 0 Å². The number of nitrogens with zero attached hydrogens (tertiary/aromatic N) is 1. The van der Waals surface area contributed by atoms with Gasteiger partial charge in [-0.25, -0.2) is 0 Å². The van der Waals surface area contributed by atoms with Crippen LogP contribution in [0.5, 0.6) is 0 Å². The summed E-state index contributed by atoms with van der Waals surface area (Å²) in [4.78, 5) is 4.05. The van der Waals surface area contributed by atoms with Gasteiger partial charge in [-0.1, -0.05) is 36.4 Å². The minimum Gasteiger partial charge on any atom is -0.264 e. The Morgan fingerprint density at radius 1 is 1.20 bits per heavy atom. The molecule has 0 amide bonds. The zero-order valence-electron chi connectivity index (χ0n) is 8.83. The fourth-order valence-electron chi connectivity index (χ4n) is 1.67. The molecule has 2 rings (SSSR count). The lowest BCUT2D eigenvalue weighted by atomic mass is 10.0. The summed E-state index contributed by atoms with van der Waals surface area (Å²) in [7, 11) is 0. The topological polar surface area (TPSA) is 12.4 Å². The second kappa shape index (κ2) is 3.70. The molecule has 0 bridgehead atoms. The lowest BCUT2D eigenvalue weighted by Gasteiger charge is -2.06. The first-order valence-corrected chi connectivity index (χ1v) is 4.88. The van der Waals surface area contributed by atoms with E-state index in [9.17, 15) is 0 Å². The fourth-order valence-corrected chi connectivity index (χ4v) is 1.67. The van der Waals surface area contributed by atoms with Gasteiger partial charge in [0.15, 0.2) is 0 Å². The summed E-state index contributed by atoms with van der Waals surface area (Å²) in [6, 6.07) is 12.3. The molecule has 0 aromatic heterocycles. The molecule has 0 unspecified atom stereocenters. The van der Waals surface area contributed by atoms with E-state index in [0.717, 1.165) is 22.2 Å².